The molecule has 7 nitrogen and oxygen atoms in total. The minimum absolute atomic E-state index is 0.0336. The minimum Gasteiger partial charge on any atom is -0.461 e. The van der Waals surface area contributed by atoms with Crippen LogP contribution in [-0.4, -0.2) is 50.7 Å². The number of carbonyl (C=O) groups is 1. The molecule has 0 spiro atoms. The van der Waals surface area contributed by atoms with Gasteiger partial charge in [0.2, 0.25) is 5.16 Å². The number of esters is 1. The van der Waals surface area contributed by atoms with E-state index in [9.17, 15) is 4.79 Å². The first-order valence-corrected chi connectivity index (χ1v) is 8.73. The monoisotopic (exact) mass is 326 g/mol. The van der Waals surface area contributed by atoms with Crippen molar-refractivity contribution in [3.8, 4) is 0 Å². The predicted octanol–water partition coefficient (Wildman–Crippen LogP) is 1.99. The molecule has 1 heterocycles. The summed E-state index contributed by atoms with van der Waals surface area (Å²) in [4.78, 5) is 12.3. The maximum Gasteiger partial charge on any atom is 0.319 e. The maximum absolute atomic E-state index is 12.3. The minimum atomic E-state index is -0.313. The number of aromatic nitrogens is 4. The highest BCUT2D eigenvalue weighted by molar-refractivity contribution is 8.00. The quantitative estimate of drug-likeness (QED) is 0.584. The Morgan fingerprint density at radius 1 is 1.32 bits per heavy atom. The second kappa shape index (κ2) is 6.95. The van der Waals surface area contributed by atoms with Crippen LogP contribution in [0, 0.1) is 0 Å². The van der Waals surface area contributed by atoms with Crippen LogP contribution in [0.4, 0.5) is 0 Å². The van der Waals surface area contributed by atoms with Crippen molar-refractivity contribution in [3.63, 3.8) is 0 Å². The average Bonchev–Trinajstić information content (AvgIpc) is 3.27. The van der Waals surface area contributed by atoms with Gasteiger partial charge in [0.05, 0.1) is 12.1 Å². The van der Waals surface area contributed by atoms with Gasteiger partial charge in [-0.25, -0.2) is 4.68 Å². The fourth-order valence-corrected chi connectivity index (χ4v) is 3.55. The standard InChI is InChI=1S/C14H22N4O3S/c1-9(22-14-15-16-17-18(14)10-6-7-10)13(19)21-12-5-3-4-11(8-12)20-2/h9-12H,3-8H2,1-2H3/t9-,11-,12+/m1/s1. The molecule has 1 aromatic heterocycles. The number of hydrogen-bond donors (Lipinski definition) is 0. The molecular formula is C14H22N4O3S. The van der Waals surface area contributed by atoms with Crippen molar-refractivity contribution in [2.75, 3.05) is 7.11 Å². The van der Waals surface area contributed by atoms with Crippen molar-refractivity contribution in [2.45, 2.75) is 74.1 Å². The zero-order valence-corrected chi connectivity index (χ0v) is 13.8. The highest BCUT2D eigenvalue weighted by Crippen LogP contribution is 2.37. The summed E-state index contributed by atoms with van der Waals surface area (Å²) in [5, 5.41) is 12.1. The van der Waals surface area contributed by atoms with Gasteiger partial charge in [-0.05, 0) is 49.5 Å². The van der Waals surface area contributed by atoms with Crippen molar-refractivity contribution < 1.29 is 14.3 Å². The molecule has 3 atom stereocenters. The molecule has 0 N–H and O–H groups in total. The van der Waals surface area contributed by atoms with E-state index in [2.05, 4.69) is 15.5 Å². The maximum atomic E-state index is 12.3. The van der Waals surface area contributed by atoms with Crippen LogP contribution in [0.1, 0.15) is 51.5 Å². The van der Waals surface area contributed by atoms with Crippen LogP contribution in [0.15, 0.2) is 5.16 Å². The number of methoxy groups -OCH3 is 1. The van der Waals surface area contributed by atoms with Crippen LogP contribution < -0.4 is 0 Å². The van der Waals surface area contributed by atoms with E-state index in [1.807, 2.05) is 11.6 Å². The summed E-state index contributed by atoms with van der Waals surface area (Å²) in [6, 6.07) is 0.404. The molecule has 8 heteroatoms. The molecule has 2 aliphatic carbocycles. The van der Waals surface area contributed by atoms with Crippen LogP contribution in [0.2, 0.25) is 0 Å². The van der Waals surface area contributed by atoms with E-state index in [-0.39, 0.29) is 23.4 Å². The molecule has 0 bridgehead atoms. The van der Waals surface area contributed by atoms with Gasteiger partial charge in [-0.2, -0.15) is 0 Å². The Bertz CT molecular complexity index is 520. The lowest BCUT2D eigenvalue weighted by atomic mass is 9.95. The van der Waals surface area contributed by atoms with E-state index in [4.69, 9.17) is 9.47 Å². The van der Waals surface area contributed by atoms with Gasteiger partial charge in [0.1, 0.15) is 11.4 Å². The van der Waals surface area contributed by atoms with Gasteiger partial charge in [0.15, 0.2) is 0 Å². The zero-order chi connectivity index (χ0) is 15.5. The lowest BCUT2D eigenvalue weighted by molar-refractivity contribution is -0.151. The van der Waals surface area contributed by atoms with E-state index < -0.39 is 0 Å². The summed E-state index contributed by atoms with van der Waals surface area (Å²) in [5.41, 5.74) is 0. The molecule has 0 unspecified atom stereocenters. The third kappa shape index (κ3) is 3.78. The van der Waals surface area contributed by atoms with Crippen LogP contribution in [0.3, 0.4) is 0 Å². The summed E-state index contributed by atoms with van der Waals surface area (Å²) >= 11 is 1.37. The topological polar surface area (TPSA) is 79.1 Å². The molecule has 0 aromatic carbocycles. The second-order valence-corrected chi connectivity index (χ2v) is 7.29. The van der Waals surface area contributed by atoms with Crippen LogP contribution in [0.25, 0.3) is 0 Å². The Hall–Kier alpha value is -1.15. The van der Waals surface area contributed by atoms with Crippen molar-refractivity contribution in [2.24, 2.45) is 0 Å². The first kappa shape index (κ1) is 15.7. The van der Waals surface area contributed by atoms with E-state index in [0.717, 1.165) is 38.5 Å². The highest BCUT2D eigenvalue weighted by Gasteiger charge is 2.31. The second-order valence-electron chi connectivity index (χ2n) is 5.98. The molecule has 0 radical (unpaired) electrons. The molecule has 1 aromatic rings. The van der Waals surface area contributed by atoms with Gasteiger partial charge < -0.3 is 9.47 Å². The molecule has 0 saturated heterocycles. The lowest BCUT2D eigenvalue weighted by Gasteiger charge is -2.28. The Kier molecular flexibility index (Phi) is 4.97. The number of nitrogens with zero attached hydrogens (tertiary/aromatic N) is 4. The molecule has 3 rings (SSSR count). The van der Waals surface area contributed by atoms with Gasteiger partial charge in [0, 0.05) is 13.5 Å². The first-order chi connectivity index (χ1) is 10.7. The normalized spacial score (nSPS) is 26.6. The van der Waals surface area contributed by atoms with Crippen LogP contribution >= 0.6 is 11.8 Å². The predicted molar refractivity (Wildman–Crippen MR) is 80.6 cm³/mol. The number of tetrazole rings is 1. The summed E-state index contributed by atoms with van der Waals surface area (Å²) in [6.07, 6.45) is 6.19. The molecule has 0 amide bonds. The third-order valence-corrected chi connectivity index (χ3v) is 5.19. The Morgan fingerprint density at radius 2 is 2.09 bits per heavy atom. The molecule has 2 saturated carbocycles. The Morgan fingerprint density at radius 3 is 2.82 bits per heavy atom. The van der Waals surface area contributed by atoms with Gasteiger partial charge in [0.25, 0.3) is 0 Å². The van der Waals surface area contributed by atoms with E-state index >= 15 is 0 Å². The zero-order valence-electron chi connectivity index (χ0n) is 13.0. The summed E-state index contributed by atoms with van der Waals surface area (Å²) < 4.78 is 12.8. The molecule has 0 aliphatic heterocycles. The van der Waals surface area contributed by atoms with E-state index in [1.165, 1.54) is 11.8 Å². The van der Waals surface area contributed by atoms with Crippen molar-refractivity contribution >= 4 is 17.7 Å². The molecule has 2 aliphatic rings. The van der Waals surface area contributed by atoms with E-state index in [0.29, 0.717) is 11.2 Å². The van der Waals surface area contributed by atoms with Gasteiger partial charge >= 0.3 is 5.97 Å². The summed E-state index contributed by atoms with van der Waals surface area (Å²) in [7, 11) is 1.71. The molecule has 122 valence electrons. The van der Waals surface area contributed by atoms with Crippen molar-refractivity contribution in [3.05, 3.63) is 0 Å². The average molecular weight is 326 g/mol. The first-order valence-electron chi connectivity index (χ1n) is 7.85. The smallest absolute Gasteiger partial charge is 0.319 e. The Balaban J connectivity index is 1.52. The number of thioether (sulfide) groups is 1. The van der Waals surface area contributed by atoms with Crippen LogP contribution in [0.5, 0.6) is 0 Å². The largest absolute Gasteiger partial charge is 0.461 e. The summed E-state index contributed by atoms with van der Waals surface area (Å²) in [5.74, 6) is -0.197. The van der Waals surface area contributed by atoms with Gasteiger partial charge in [-0.1, -0.05) is 11.8 Å². The number of carbonyl (C=O) groups excluding carboxylic acids is 1. The van der Waals surface area contributed by atoms with Crippen molar-refractivity contribution in [1.29, 1.82) is 0 Å². The Labute approximate surface area is 134 Å². The van der Waals surface area contributed by atoms with Crippen molar-refractivity contribution in [1.82, 2.24) is 20.2 Å². The number of hydrogen-bond acceptors (Lipinski definition) is 7. The van der Waals surface area contributed by atoms with E-state index in [1.54, 1.807) is 7.11 Å². The van der Waals surface area contributed by atoms with Gasteiger partial charge in [-0.3, -0.25) is 4.79 Å². The highest BCUT2D eigenvalue weighted by atomic mass is 32.2. The fourth-order valence-electron chi connectivity index (χ4n) is 2.70. The summed E-state index contributed by atoms with van der Waals surface area (Å²) in [6.45, 7) is 1.84. The van der Waals surface area contributed by atoms with Gasteiger partial charge in [-0.15, -0.1) is 5.10 Å². The fraction of sp³-hybridized carbons (Fsp3) is 0.857. The number of rotatable bonds is 6. The molecule has 2 fully saturated rings. The SMILES string of the molecule is CO[C@@H]1CCC[C@H](OC(=O)[C@@H](C)Sc2nnnn2C2CC2)C1. The molecule has 22 heavy (non-hydrogen) atoms. The lowest BCUT2D eigenvalue weighted by Crippen LogP contribution is -2.31. The van der Waals surface area contributed by atoms with Crippen LogP contribution in [-0.2, 0) is 14.3 Å². The molecular weight excluding hydrogens is 304 g/mol. The third-order valence-electron chi connectivity index (χ3n) is 4.16. The number of ether oxygens (including phenoxy) is 2.